The first-order chi connectivity index (χ1) is 8.99. The summed E-state index contributed by atoms with van der Waals surface area (Å²) in [6, 6.07) is 6.81. The molecule has 2 aliphatic rings. The standard InChI is InChI=1S/C15H19FN2O/c1-10-8-12(11-2-4-13(16)5-3-11)9-18(10)14(19)15(17)6-7-15/h2-5,10,12H,6-9,17H2,1H3/t10-,12-/m1/s1. The number of benzene rings is 1. The summed E-state index contributed by atoms with van der Waals surface area (Å²) in [5, 5.41) is 0. The van der Waals surface area contributed by atoms with E-state index in [2.05, 4.69) is 6.92 Å². The highest BCUT2D eigenvalue weighted by Crippen LogP contribution is 2.39. The van der Waals surface area contributed by atoms with Crippen molar-refractivity contribution in [2.45, 2.75) is 43.7 Å². The zero-order valence-electron chi connectivity index (χ0n) is 11.1. The third-order valence-electron chi connectivity index (χ3n) is 4.39. The van der Waals surface area contributed by atoms with Gasteiger partial charge in [-0.25, -0.2) is 4.39 Å². The first-order valence-corrected chi connectivity index (χ1v) is 6.85. The van der Waals surface area contributed by atoms with Crippen molar-refractivity contribution in [2.24, 2.45) is 5.73 Å². The Morgan fingerprint density at radius 2 is 2.00 bits per heavy atom. The molecule has 2 fully saturated rings. The van der Waals surface area contributed by atoms with Gasteiger partial charge < -0.3 is 10.6 Å². The Kier molecular flexibility index (Phi) is 2.86. The van der Waals surface area contributed by atoms with Crippen molar-refractivity contribution in [1.82, 2.24) is 4.90 Å². The number of carbonyl (C=O) groups excluding carboxylic acids is 1. The van der Waals surface area contributed by atoms with Crippen molar-refractivity contribution in [1.29, 1.82) is 0 Å². The minimum absolute atomic E-state index is 0.0876. The van der Waals surface area contributed by atoms with Crippen LogP contribution in [0.2, 0.25) is 0 Å². The smallest absolute Gasteiger partial charge is 0.242 e. The Morgan fingerprint density at radius 3 is 2.58 bits per heavy atom. The van der Waals surface area contributed by atoms with Crippen molar-refractivity contribution in [3.63, 3.8) is 0 Å². The van der Waals surface area contributed by atoms with Gasteiger partial charge in [0.25, 0.3) is 0 Å². The summed E-state index contributed by atoms with van der Waals surface area (Å²) in [5.74, 6) is 0.160. The molecular formula is C15H19FN2O. The Balaban J connectivity index is 1.74. The Morgan fingerprint density at radius 1 is 1.37 bits per heavy atom. The maximum atomic E-state index is 12.9. The number of carbonyl (C=O) groups is 1. The van der Waals surface area contributed by atoms with Crippen LogP contribution in [-0.2, 0) is 4.79 Å². The Hall–Kier alpha value is -1.42. The Bertz CT molecular complexity index is 495. The van der Waals surface area contributed by atoms with Gasteiger partial charge in [0.05, 0.1) is 5.54 Å². The highest BCUT2D eigenvalue weighted by Gasteiger charge is 2.50. The second-order valence-electron chi connectivity index (χ2n) is 5.95. The number of rotatable bonds is 2. The van der Waals surface area contributed by atoms with Crippen molar-refractivity contribution in [3.05, 3.63) is 35.6 Å². The third kappa shape index (κ3) is 2.25. The van der Waals surface area contributed by atoms with Gasteiger partial charge in [-0.15, -0.1) is 0 Å². The van der Waals surface area contributed by atoms with Crippen LogP contribution in [0, 0.1) is 5.82 Å². The molecular weight excluding hydrogens is 243 g/mol. The number of halogens is 1. The minimum Gasteiger partial charge on any atom is -0.338 e. The molecule has 1 saturated carbocycles. The zero-order chi connectivity index (χ0) is 13.6. The van der Waals surface area contributed by atoms with Gasteiger partial charge in [0, 0.05) is 18.5 Å². The van der Waals surface area contributed by atoms with Gasteiger partial charge in [0.2, 0.25) is 5.91 Å². The average Bonchev–Trinajstić information content (AvgIpc) is 3.02. The first kappa shape index (κ1) is 12.6. The fourth-order valence-corrected chi connectivity index (χ4v) is 2.92. The molecule has 19 heavy (non-hydrogen) atoms. The summed E-state index contributed by atoms with van der Waals surface area (Å²) in [7, 11) is 0. The summed E-state index contributed by atoms with van der Waals surface area (Å²) in [6.07, 6.45) is 2.53. The van der Waals surface area contributed by atoms with Crippen LogP contribution in [-0.4, -0.2) is 28.9 Å². The van der Waals surface area contributed by atoms with E-state index in [4.69, 9.17) is 5.73 Å². The van der Waals surface area contributed by atoms with Crippen LogP contribution < -0.4 is 5.73 Å². The van der Waals surface area contributed by atoms with E-state index < -0.39 is 5.54 Å². The maximum absolute atomic E-state index is 12.9. The molecule has 1 aliphatic heterocycles. The topological polar surface area (TPSA) is 46.3 Å². The average molecular weight is 262 g/mol. The lowest BCUT2D eigenvalue weighted by Gasteiger charge is -2.24. The molecule has 0 unspecified atom stereocenters. The molecule has 1 aliphatic carbocycles. The molecule has 0 radical (unpaired) electrons. The molecule has 0 bridgehead atoms. The fraction of sp³-hybridized carbons (Fsp3) is 0.533. The van der Waals surface area contributed by atoms with Gasteiger partial charge in [0.15, 0.2) is 0 Å². The molecule has 4 heteroatoms. The van der Waals surface area contributed by atoms with Gasteiger partial charge in [-0.3, -0.25) is 4.79 Å². The highest BCUT2D eigenvalue weighted by atomic mass is 19.1. The van der Waals surface area contributed by atoms with Gasteiger partial charge in [-0.1, -0.05) is 12.1 Å². The number of nitrogens with two attached hydrogens (primary N) is 1. The van der Waals surface area contributed by atoms with Crippen LogP contribution in [0.15, 0.2) is 24.3 Å². The number of hydrogen-bond donors (Lipinski definition) is 1. The lowest BCUT2D eigenvalue weighted by molar-refractivity contribution is -0.134. The van der Waals surface area contributed by atoms with Gasteiger partial charge in [-0.05, 0) is 43.9 Å². The van der Waals surface area contributed by atoms with Crippen LogP contribution in [0.25, 0.3) is 0 Å². The van der Waals surface area contributed by atoms with E-state index >= 15 is 0 Å². The van der Waals surface area contributed by atoms with E-state index in [9.17, 15) is 9.18 Å². The van der Waals surface area contributed by atoms with Gasteiger partial charge in [0.1, 0.15) is 5.82 Å². The highest BCUT2D eigenvalue weighted by molar-refractivity contribution is 5.89. The van der Waals surface area contributed by atoms with Crippen molar-refractivity contribution in [3.8, 4) is 0 Å². The summed E-state index contributed by atoms with van der Waals surface area (Å²) in [5.41, 5.74) is 6.51. The van der Waals surface area contributed by atoms with E-state index in [1.165, 1.54) is 12.1 Å². The predicted molar refractivity (Wildman–Crippen MR) is 71.1 cm³/mol. The van der Waals surface area contributed by atoms with Gasteiger partial charge >= 0.3 is 0 Å². The van der Waals surface area contributed by atoms with Crippen molar-refractivity contribution >= 4 is 5.91 Å². The number of nitrogens with zero attached hydrogens (tertiary/aromatic N) is 1. The molecule has 1 saturated heterocycles. The number of hydrogen-bond acceptors (Lipinski definition) is 2. The second-order valence-corrected chi connectivity index (χ2v) is 5.95. The summed E-state index contributed by atoms with van der Waals surface area (Å²) >= 11 is 0. The number of likely N-dealkylation sites (tertiary alicyclic amines) is 1. The lowest BCUT2D eigenvalue weighted by atomic mass is 9.97. The SMILES string of the molecule is C[C@@H]1C[C@@H](c2ccc(F)cc2)CN1C(=O)C1(N)CC1. The normalized spacial score (nSPS) is 28.5. The van der Waals surface area contributed by atoms with Gasteiger partial charge in [-0.2, -0.15) is 0 Å². The van der Waals surface area contributed by atoms with E-state index in [1.807, 2.05) is 17.0 Å². The molecule has 3 rings (SSSR count). The molecule has 0 aromatic heterocycles. The zero-order valence-corrected chi connectivity index (χ0v) is 11.1. The minimum atomic E-state index is -0.591. The molecule has 0 spiro atoms. The molecule has 1 aromatic rings. The summed E-state index contributed by atoms with van der Waals surface area (Å²) < 4.78 is 12.9. The lowest BCUT2D eigenvalue weighted by Crippen LogP contribution is -2.47. The van der Waals surface area contributed by atoms with E-state index in [0.29, 0.717) is 12.5 Å². The van der Waals surface area contributed by atoms with Crippen LogP contribution in [0.1, 0.15) is 37.7 Å². The molecule has 1 aromatic carbocycles. The van der Waals surface area contributed by atoms with E-state index in [1.54, 1.807) is 0 Å². The van der Waals surface area contributed by atoms with E-state index in [0.717, 1.165) is 24.8 Å². The summed E-state index contributed by atoms with van der Waals surface area (Å²) in [6.45, 7) is 2.76. The fourth-order valence-electron chi connectivity index (χ4n) is 2.92. The third-order valence-corrected chi connectivity index (χ3v) is 4.39. The van der Waals surface area contributed by atoms with Crippen LogP contribution in [0.3, 0.4) is 0 Å². The molecule has 2 N–H and O–H groups in total. The molecule has 1 amide bonds. The summed E-state index contributed by atoms with van der Waals surface area (Å²) in [4.78, 5) is 14.2. The van der Waals surface area contributed by atoms with Crippen LogP contribution in [0.5, 0.6) is 0 Å². The largest absolute Gasteiger partial charge is 0.338 e. The van der Waals surface area contributed by atoms with Crippen LogP contribution in [0.4, 0.5) is 4.39 Å². The van der Waals surface area contributed by atoms with Crippen molar-refractivity contribution in [2.75, 3.05) is 6.54 Å². The molecule has 1 heterocycles. The maximum Gasteiger partial charge on any atom is 0.242 e. The number of amides is 1. The monoisotopic (exact) mass is 262 g/mol. The second kappa shape index (κ2) is 4.30. The molecule has 2 atom stereocenters. The molecule has 102 valence electrons. The quantitative estimate of drug-likeness (QED) is 0.886. The van der Waals surface area contributed by atoms with E-state index in [-0.39, 0.29) is 17.8 Å². The van der Waals surface area contributed by atoms with Crippen LogP contribution >= 0.6 is 0 Å². The Labute approximate surface area is 112 Å². The molecule has 3 nitrogen and oxygen atoms in total. The predicted octanol–water partition coefficient (Wildman–Crippen LogP) is 2.02. The van der Waals surface area contributed by atoms with Crippen molar-refractivity contribution < 1.29 is 9.18 Å². The first-order valence-electron chi connectivity index (χ1n) is 6.85.